The zero-order valence-corrected chi connectivity index (χ0v) is 17.2. The summed E-state index contributed by atoms with van der Waals surface area (Å²) in [7, 11) is 0. The van der Waals surface area contributed by atoms with Crippen LogP contribution in [0.1, 0.15) is 34.5 Å². The van der Waals surface area contributed by atoms with E-state index < -0.39 is 0 Å². The number of hydrogen-bond acceptors (Lipinski definition) is 5. The zero-order chi connectivity index (χ0) is 20.1. The number of nitrogens with zero attached hydrogens (tertiary/aromatic N) is 3. The van der Waals surface area contributed by atoms with Crippen LogP contribution in [0.5, 0.6) is 0 Å². The number of hydrogen-bond donors (Lipinski definition) is 1. The van der Waals surface area contributed by atoms with Crippen LogP contribution >= 0.6 is 11.8 Å². The van der Waals surface area contributed by atoms with Gasteiger partial charge in [0.2, 0.25) is 0 Å². The Bertz CT molecular complexity index is 968. The van der Waals surface area contributed by atoms with Crippen molar-refractivity contribution in [1.82, 2.24) is 14.8 Å². The van der Waals surface area contributed by atoms with Gasteiger partial charge < -0.3 is 10.1 Å². The third kappa shape index (κ3) is 4.86. The van der Waals surface area contributed by atoms with Gasteiger partial charge in [0.05, 0.1) is 17.5 Å². The van der Waals surface area contributed by atoms with Gasteiger partial charge in [-0.3, -0.25) is 4.79 Å². The highest BCUT2D eigenvalue weighted by molar-refractivity contribution is 7.99. The molecule has 29 heavy (non-hydrogen) atoms. The smallest absolute Gasteiger partial charge is 0.259 e. The molecule has 1 saturated heterocycles. The Balaban J connectivity index is 1.41. The van der Waals surface area contributed by atoms with Gasteiger partial charge in [-0.25, -0.2) is 9.67 Å². The lowest BCUT2D eigenvalue weighted by Crippen LogP contribution is -2.17. The molecular formula is C22H24N4O2S. The third-order valence-electron chi connectivity index (χ3n) is 4.96. The molecule has 7 heteroatoms. The highest BCUT2D eigenvalue weighted by atomic mass is 32.2. The molecule has 6 nitrogen and oxygen atoms in total. The van der Waals surface area contributed by atoms with Gasteiger partial charge >= 0.3 is 0 Å². The van der Waals surface area contributed by atoms with Gasteiger partial charge in [0.1, 0.15) is 0 Å². The van der Waals surface area contributed by atoms with Crippen LogP contribution in [0.2, 0.25) is 0 Å². The first-order valence-electron chi connectivity index (χ1n) is 9.76. The van der Waals surface area contributed by atoms with Gasteiger partial charge in [-0.1, -0.05) is 18.2 Å². The maximum Gasteiger partial charge on any atom is 0.259 e. The molecule has 1 fully saturated rings. The van der Waals surface area contributed by atoms with Crippen molar-refractivity contribution in [2.24, 2.45) is 0 Å². The van der Waals surface area contributed by atoms with Crippen molar-refractivity contribution < 1.29 is 9.53 Å². The Morgan fingerprint density at radius 3 is 2.90 bits per heavy atom. The number of thioether (sulfide) groups is 1. The minimum atomic E-state index is -0.168. The van der Waals surface area contributed by atoms with Crippen LogP contribution in [0.15, 0.2) is 54.9 Å². The van der Waals surface area contributed by atoms with Crippen molar-refractivity contribution in [3.05, 3.63) is 71.7 Å². The van der Waals surface area contributed by atoms with Crippen LogP contribution in [0.4, 0.5) is 5.69 Å². The zero-order valence-electron chi connectivity index (χ0n) is 16.4. The molecule has 150 valence electrons. The third-order valence-corrected chi connectivity index (χ3v) is 6.40. The van der Waals surface area contributed by atoms with Gasteiger partial charge in [-0.05, 0) is 49.6 Å². The normalized spacial score (nSPS) is 14.7. The SMILES string of the molecule is Cc1c(C(=O)Nc2cccc(CSC3CCOCC3)c2)cnn1-c1ccccn1. The Labute approximate surface area is 174 Å². The first-order chi connectivity index (χ1) is 14.2. The molecule has 0 aliphatic carbocycles. The van der Waals surface area contributed by atoms with Gasteiger partial charge in [0.15, 0.2) is 5.82 Å². The Morgan fingerprint density at radius 1 is 1.24 bits per heavy atom. The van der Waals surface area contributed by atoms with Crippen molar-refractivity contribution >= 4 is 23.4 Å². The summed E-state index contributed by atoms with van der Waals surface area (Å²) in [5.74, 6) is 1.46. The van der Waals surface area contributed by atoms with Crippen LogP contribution in [-0.4, -0.2) is 39.1 Å². The highest BCUT2D eigenvalue weighted by Gasteiger charge is 2.17. The summed E-state index contributed by atoms with van der Waals surface area (Å²) in [6.07, 6.45) is 5.52. The van der Waals surface area contributed by atoms with Crippen molar-refractivity contribution in [3.63, 3.8) is 0 Å². The molecule has 1 aliphatic heterocycles. The molecule has 0 radical (unpaired) electrons. The second kappa shape index (κ2) is 9.24. The van der Waals surface area contributed by atoms with E-state index in [0.717, 1.165) is 43.2 Å². The number of nitrogens with one attached hydrogen (secondary N) is 1. The number of carbonyl (C=O) groups is 1. The predicted octanol–water partition coefficient (Wildman–Crippen LogP) is 4.24. The number of pyridine rings is 1. The molecule has 0 unspecified atom stereocenters. The molecule has 3 heterocycles. The fourth-order valence-electron chi connectivity index (χ4n) is 3.34. The minimum absolute atomic E-state index is 0.168. The van der Waals surface area contributed by atoms with E-state index in [1.165, 1.54) is 5.56 Å². The maximum absolute atomic E-state index is 12.8. The van der Waals surface area contributed by atoms with E-state index in [9.17, 15) is 4.79 Å². The number of amides is 1. The first kappa shape index (κ1) is 19.7. The summed E-state index contributed by atoms with van der Waals surface area (Å²) in [5, 5.41) is 7.98. The molecule has 1 aromatic carbocycles. The van der Waals surface area contributed by atoms with Crippen molar-refractivity contribution in [1.29, 1.82) is 0 Å². The summed E-state index contributed by atoms with van der Waals surface area (Å²) in [4.78, 5) is 17.1. The lowest BCUT2D eigenvalue weighted by Gasteiger charge is -2.21. The average molecular weight is 409 g/mol. The number of aromatic nitrogens is 3. The number of benzene rings is 1. The van der Waals surface area contributed by atoms with E-state index in [0.29, 0.717) is 16.6 Å². The van der Waals surface area contributed by atoms with Crippen LogP contribution in [0.25, 0.3) is 5.82 Å². The fourth-order valence-corrected chi connectivity index (χ4v) is 4.47. The van der Waals surface area contributed by atoms with Crippen LogP contribution in [0, 0.1) is 6.92 Å². The van der Waals surface area contributed by atoms with E-state index >= 15 is 0 Å². The Hall–Kier alpha value is -2.64. The predicted molar refractivity (Wildman–Crippen MR) is 116 cm³/mol. The van der Waals surface area contributed by atoms with E-state index in [4.69, 9.17) is 4.74 Å². The lowest BCUT2D eigenvalue weighted by molar-refractivity contribution is 0.1000. The van der Waals surface area contributed by atoms with Crippen LogP contribution in [0.3, 0.4) is 0 Å². The fraction of sp³-hybridized carbons (Fsp3) is 0.318. The molecule has 1 amide bonds. The van der Waals surface area contributed by atoms with Gasteiger partial charge in [-0.15, -0.1) is 0 Å². The summed E-state index contributed by atoms with van der Waals surface area (Å²) < 4.78 is 7.10. The summed E-state index contributed by atoms with van der Waals surface area (Å²) >= 11 is 1.96. The minimum Gasteiger partial charge on any atom is -0.381 e. The number of anilines is 1. The summed E-state index contributed by atoms with van der Waals surface area (Å²) in [6.45, 7) is 3.59. The van der Waals surface area contributed by atoms with E-state index in [-0.39, 0.29) is 5.91 Å². The topological polar surface area (TPSA) is 69.0 Å². The molecule has 0 spiro atoms. The molecule has 3 aromatic rings. The number of carbonyl (C=O) groups excluding carboxylic acids is 1. The van der Waals surface area contributed by atoms with Crippen molar-refractivity contribution in [2.45, 2.75) is 30.8 Å². The van der Waals surface area contributed by atoms with E-state index in [1.54, 1.807) is 17.1 Å². The van der Waals surface area contributed by atoms with Crippen molar-refractivity contribution in [3.8, 4) is 5.82 Å². The Kier molecular flexibility index (Phi) is 6.27. The van der Waals surface area contributed by atoms with Crippen LogP contribution in [-0.2, 0) is 10.5 Å². The second-order valence-corrected chi connectivity index (χ2v) is 8.31. The number of rotatable bonds is 6. The largest absolute Gasteiger partial charge is 0.381 e. The summed E-state index contributed by atoms with van der Waals surface area (Å²) in [5.41, 5.74) is 3.30. The van der Waals surface area contributed by atoms with Crippen molar-refractivity contribution in [2.75, 3.05) is 18.5 Å². The summed E-state index contributed by atoms with van der Waals surface area (Å²) in [6, 6.07) is 13.7. The molecule has 1 N–H and O–H groups in total. The average Bonchev–Trinajstić information content (AvgIpc) is 3.15. The molecule has 2 aromatic heterocycles. The highest BCUT2D eigenvalue weighted by Crippen LogP contribution is 2.26. The van der Waals surface area contributed by atoms with Gasteiger partial charge in [0.25, 0.3) is 5.91 Å². The molecular weight excluding hydrogens is 384 g/mol. The molecule has 4 rings (SSSR count). The molecule has 1 aliphatic rings. The quantitative estimate of drug-likeness (QED) is 0.661. The monoisotopic (exact) mass is 408 g/mol. The van der Waals surface area contributed by atoms with Gasteiger partial charge in [0, 0.05) is 36.1 Å². The van der Waals surface area contributed by atoms with E-state index in [1.807, 2.05) is 55.1 Å². The maximum atomic E-state index is 12.8. The molecule has 0 bridgehead atoms. The number of ether oxygens (including phenoxy) is 1. The Morgan fingerprint density at radius 2 is 2.10 bits per heavy atom. The first-order valence-corrected chi connectivity index (χ1v) is 10.8. The molecule has 0 saturated carbocycles. The lowest BCUT2D eigenvalue weighted by atomic mass is 10.2. The van der Waals surface area contributed by atoms with Gasteiger partial charge in [-0.2, -0.15) is 16.9 Å². The van der Waals surface area contributed by atoms with Crippen LogP contribution < -0.4 is 5.32 Å². The standard InChI is InChI=1S/C22H24N4O2S/c1-16-20(14-24-26(16)21-7-2-3-10-23-21)22(27)25-18-6-4-5-17(13-18)15-29-19-8-11-28-12-9-19/h2-7,10,13-14,19H,8-9,11-12,15H2,1H3,(H,25,27). The van der Waals surface area contributed by atoms with E-state index in [2.05, 4.69) is 21.5 Å². The molecule has 0 atom stereocenters. The second-order valence-electron chi connectivity index (χ2n) is 7.02.